The number of halogens is 1. The van der Waals surface area contributed by atoms with Gasteiger partial charge in [-0.05, 0) is 18.3 Å². The Bertz CT molecular complexity index is 182. The van der Waals surface area contributed by atoms with E-state index < -0.39 is 0 Å². The number of rotatable bonds is 3. The average molecular weight is 248 g/mol. The van der Waals surface area contributed by atoms with E-state index in [1.807, 2.05) is 4.90 Å². The first-order valence-electron chi connectivity index (χ1n) is 4.97. The van der Waals surface area contributed by atoms with Crippen LogP contribution in [0.4, 0.5) is 0 Å². The lowest BCUT2D eigenvalue weighted by molar-refractivity contribution is -0.131. The second kappa shape index (κ2) is 4.99. The van der Waals surface area contributed by atoms with Crippen molar-refractivity contribution in [2.24, 2.45) is 11.8 Å². The Morgan fingerprint density at radius 1 is 1.62 bits per heavy atom. The zero-order chi connectivity index (χ0) is 9.84. The van der Waals surface area contributed by atoms with E-state index in [4.69, 9.17) is 0 Å². The van der Waals surface area contributed by atoms with Crippen LogP contribution < -0.4 is 0 Å². The second-order valence-corrected chi connectivity index (χ2v) is 4.89. The lowest BCUT2D eigenvalue weighted by Gasteiger charge is -2.17. The van der Waals surface area contributed by atoms with E-state index in [-0.39, 0.29) is 0 Å². The first-order valence-corrected chi connectivity index (χ1v) is 6.09. The van der Waals surface area contributed by atoms with Gasteiger partial charge in [0.25, 0.3) is 0 Å². The normalized spacial score (nSPS) is 22.8. The summed E-state index contributed by atoms with van der Waals surface area (Å²) in [4.78, 5) is 13.6. The molecule has 1 fully saturated rings. The minimum atomic E-state index is 0.332. The molecular formula is C10H18BrNO. The molecule has 1 aliphatic rings. The van der Waals surface area contributed by atoms with Gasteiger partial charge in [0.05, 0.1) is 0 Å². The van der Waals surface area contributed by atoms with Crippen LogP contribution in [-0.4, -0.2) is 29.2 Å². The van der Waals surface area contributed by atoms with Crippen LogP contribution in [-0.2, 0) is 4.79 Å². The molecule has 13 heavy (non-hydrogen) atoms. The monoisotopic (exact) mass is 247 g/mol. The van der Waals surface area contributed by atoms with E-state index in [2.05, 4.69) is 29.8 Å². The number of hydrogen-bond acceptors (Lipinski definition) is 1. The van der Waals surface area contributed by atoms with Crippen molar-refractivity contribution < 1.29 is 4.79 Å². The van der Waals surface area contributed by atoms with Gasteiger partial charge < -0.3 is 4.90 Å². The van der Waals surface area contributed by atoms with Gasteiger partial charge in [0.2, 0.25) is 5.91 Å². The number of amides is 1. The van der Waals surface area contributed by atoms with Crippen molar-refractivity contribution in [1.29, 1.82) is 0 Å². The van der Waals surface area contributed by atoms with Crippen molar-refractivity contribution in [2.45, 2.75) is 26.7 Å². The largest absolute Gasteiger partial charge is 0.342 e. The molecule has 0 aromatic heterocycles. The van der Waals surface area contributed by atoms with Gasteiger partial charge in [-0.2, -0.15) is 0 Å². The molecule has 1 amide bonds. The van der Waals surface area contributed by atoms with Crippen LogP contribution in [0.25, 0.3) is 0 Å². The Morgan fingerprint density at radius 3 is 2.77 bits per heavy atom. The molecule has 1 heterocycles. The van der Waals surface area contributed by atoms with Gasteiger partial charge in [0, 0.05) is 24.8 Å². The maximum atomic E-state index is 11.6. The van der Waals surface area contributed by atoms with Crippen molar-refractivity contribution in [3.63, 3.8) is 0 Å². The summed E-state index contributed by atoms with van der Waals surface area (Å²) in [5, 5.41) is 1.03. The van der Waals surface area contributed by atoms with Crippen molar-refractivity contribution in [3.05, 3.63) is 0 Å². The summed E-state index contributed by atoms with van der Waals surface area (Å²) in [6.07, 6.45) is 1.87. The highest BCUT2D eigenvalue weighted by atomic mass is 79.9. The molecule has 0 aromatic rings. The third-order valence-corrected chi connectivity index (χ3v) is 3.36. The van der Waals surface area contributed by atoms with Gasteiger partial charge in [-0.15, -0.1) is 0 Å². The number of alkyl halides is 1. The van der Waals surface area contributed by atoms with Crippen LogP contribution in [0, 0.1) is 11.8 Å². The van der Waals surface area contributed by atoms with E-state index in [0.29, 0.717) is 24.2 Å². The first kappa shape index (κ1) is 11.0. The SMILES string of the molecule is CC(C)CC(=O)N1CCC(CBr)C1. The molecule has 1 atom stereocenters. The summed E-state index contributed by atoms with van der Waals surface area (Å²) < 4.78 is 0. The van der Waals surface area contributed by atoms with Gasteiger partial charge in [-0.25, -0.2) is 0 Å². The highest BCUT2D eigenvalue weighted by Gasteiger charge is 2.25. The fourth-order valence-electron chi connectivity index (χ4n) is 1.66. The summed E-state index contributed by atoms with van der Waals surface area (Å²) in [6, 6.07) is 0. The van der Waals surface area contributed by atoms with E-state index in [1.165, 1.54) is 0 Å². The zero-order valence-corrected chi connectivity index (χ0v) is 10.0. The van der Waals surface area contributed by atoms with Crippen LogP contribution in [0.3, 0.4) is 0 Å². The Balaban J connectivity index is 2.33. The van der Waals surface area contributed by atoms with Crippen LogP contribution in [0.5, 0.6) is 0 Å². The molecule has 1 aliphatic heterocycles. The molecule has 0 aliphatic carbocycles. The maximum Gasteiger partial charge on any atom is 0.222 e. The molecule has 0 spiro atoms. The fraction of sp³-hybridized carbons (Fsp3) is 0.900. The van der Waals surface area contributed by atoms with Crippen molar-refractivity contribution >= 4 is 21.8 Å². The number of hydrogen-bond donors (Lipinski definition) is 0. The van der Waals surface area contributed by atoms with Crippen LogP contribution in [0.1, 0.15) is 26.7 Å². The smallest absolute Gasteiger partial charge is 0.222 e. The molecule has 0 radical (unpaired) electrons. The van der Waals surface area contributed by atoms with Gasteiger partial charge in [0.1, 0.15) is 0 Å². The Kier molecular flexibility index (Phi) is 4.23. The third-order valence-electron chi connectivity index (χ3n) is 2.44. The summed E-state index contributed by atoms with van der Waals surface area (Å²) in [5.74, 6) is 1.49. The van der Waals surface area contributed by atoms with E-state index in [1.54, 1.807) is 0 Å². The number of carbonyl (C=O) groups excluding carboxylic acids is 1. The van der Waals surface area contributed by atoms with E-state index >= 15 is 0 Å². The Hall–Kier alpha value is -0.0500. The summed E-state index contributed by atoms with van der Waals surface area (Å²) in [7, 11) is 0. The topological polar surface area (TPSA) is 20.3 Å². The zero-order valence-electron chi connectivity index (χ0n) is 8.42. The lowest BCUT2D eigenvalue weighted by atomic mass is 10.1. The molecule has 1 unspecified atom stereocenters. The van der Waals surface area contributed by atoms with Gasteiger partial charge >= 0.3 is 0 Å². The van der Waals surface area contributed by atoms with Crippen LogP contribution in [0.15, 0.2) is 0 Å². The minimum Gasteiger partial charge on any atom is -0.342 e. The Morgan fingerprint density at radius 2 is 2.31 bits per heavy atom. The predicted octanol–water partition coefficient (Wildman–Crippen LogP) is 2.28. The molecular weight excluding hydrogens is 230 g/mol. The van der Waals surface area contributed by atoms with Crippen molar-refractivity contribution in [1.82, 2.24) is 4.90 Å². The molecule has 2 nitrogen and oxygen atoms in total. The Labute approximate surface area is 88.8 Å². The average Bonchev–Trinajstić information content (AvgIpc) is 2.50. The molecule has 76 valence electrons. The molecule has 3 heteroatoms. The fourth-order valence-corrected chi connectivity index (χ4v) is 2.19. The van der Waals surface area contributed by atoms with E-state index in [9.17, 15) is 4.79 Å². The second-order valence-electron chi connectivity index (χ2n) is 4.25. The summed E-state index contributed by atoms with van der Waals surface area (Å²) >= 11 is 3.47. The standard InChI is InChI=1S/C10H18BrNO/c1-8(2)5-10(13)12-4-3-9(6-11)7-12/h8-9H,3-7H2,1-2H3. The minimum absolute atomic E-state index is 0.332. The predicted molar refractivity (Wildman–Crippen MR) is 57.9 cm³/mol. The van der Waals surface area contributed by atoms with Gasteiger partial charge in [-0.3, -0.25) is 4.79 Å². The first-order chi connectivity index (χ1) is 6.13. The highest BCUT2D eigenvalue weighted by Crippen LogP contribution is 2.19. The lowest BCUT2D eigenvalue weighted by Crippen LogP contribution is -2.29. The number of likely N-dealkylation sites (tertiary alicyclic amines) is 1. The number of nitrogens with zero attached hydrogens (tertiary/aromatic N) is 1. The third kappa shape index (κ3) is 3.29. The molecule has 0 bridgehead atoms. The van der Waals surface area contributed by atoms with Gasteiger partial charge in [-0.1, -0.05) is 29.8 Å². The molecule has 0 saturated carbocycles. The molecule has 0 N–H and O–H groups in total. The molecule has 0 aromatic carbocycles. The maximum absolute atomic E-state index is 11.6. The molecule has 1 rings (SSSR count). The quantitative estimate of drug-likeness (QED) is 0.701. The summed E-state index contributed by atoms with van der Waals surface area (Å²) in [6.45, 7) is 6.10. The van der Waals surface area contributed by atoms with Gasteiger partial charge in [0.15, 0.2) is 0 Å². The van der Waals surface area contributed by atoms with Crippen molar-refractivity contribution in [2.75, 3.05) is 18.4 Å². The summed E-state index contributed by atoms with van der Waals surface area (Å²) in [5.41, 5.74) is 0. The number of carbonyl (C=O) groups is 1. The van der Waals surface area contributed by atoms with Crippen LogP contribution in [0.2, 0.25) is 0 Å². The highest BCUT2D eigenvalue weighted by molar-refractivity contribution is 9.09. The molecule has 1 saturated heterocycles. The van der Waals surface area contributed by atoms with Crippen LogP contribution >= 0.6 is 15.9 Å². The van der Waals surface area contributed by atoms with E-state index in [0.717, 1.165) is 24.8 Å². The van der Waals surface area contributed by atoms with Crippen molar-refractivity contribution in [3.8, 4) is 0 Å².